The molecule has 308 valence electrons. The van der Waals surface area contributed by atoms with Gasteiger partial charge in [-0.05, 0) is 49.7 Å². The molecule has 0 spiro atoms. The van der Waals surface area contributed by atoms with Crippen LogP contribution >= 0.6 is 0 Å². The Labute approximate surface area is 341 Å². The number of anilines is 2. The van der Waals surface area contributed by atoms with Crippen LogP contribution in [0.4, 0.5) is 11.5 Å². The van der Waals surface area contributed by atoms with Gasteiger partial charge in [0.2, 0.25) is 0 Å². The van der Waals surface area contributed by atoms with E-state index in [-0.39, 0.29) is 12.5 Å². The fourth-order valence-corrected chi connectivity index (χ4v) is 6.34. The molecule has 13 nitrogen and oxygen atoms in total. The second-order valence-corrected chi connectivity index (χ2v) is 13.6. The van der Waals surface area contributed by atoms with Crippen molar-refractivity contribution >= 4 is 17.5 Å². The van der Waals surface area contributed by atoms with Crippen LogP contribution in [-0.2, 0) is 40.4 Å². The average molecular weight is 794 g/mol. The van der Waals surface area contributed by atoms with Crippen molar-refractivity contribution in [2.24, 2.45) is 5.73 Å². The third kappa shape index (κ3) is 12.6. The first kappa shape index (κ1) is 43.2. The number of esters is 1. The smallest absolute Gasteiger partial charge is 0.320 e. The summed E-state index contributed by atoms with van der Waals surface area (Å²) in [4.78, 5) is 25.4. The number of hydrogen-bond donors (Lipinski definition) is 1. The molecule has 0 bridgehead atoms. The van der Waals surface area contributed by atoms with Gasteiger partial charge in [-0.1, -0.05) is 54.1 Å². The molecule has 0 saturated carbocycles. The quantitative estimate of drug-likeness (QED) is 0.0557. The molecule has 0 amide bonds. The summed E-state index contributed by atoms with van der Waals surface area (Å²) in [5.74, 6) is 3.25. The average Bonchev–Trinajstić information content (AvgIpc) is 3.22. The molecule has 1 heterocycles. The van der Waals surface area contributed by atoms with Crippen molar-refractivity contribution < 1.29 is 38.0 Å². The van der Waals surface area contributed by atoms with E-state index in [9.17, 15) is 4.79 Å². The lowest BCUT2D eigenvalue weighted by atomic mass is 10.1. The van der Waals surface area contributed by atoms with E-state index < -0.39 is 0 Å². The molecule has 5 aromatic rings. The zero-order valence-electron chi connectivity index (χ0n) is 34.4. The molecular formula is C45H55N5O8. The number of likely N-dealkylation sites (N-methyl/N-ethyl adjacent to an activating group) is 1. The van der Waals surface area contributed by atoms with Gasteiger partial charge >= 0.3 is 5.97 Å². The van der Waals surface area contributed by atoms with Gasteiger partial charge in [0.25, 0.3) is 0 Å². The number of carbonyl (C=O) groups is 1. The lowest BCUT2D eigenvalue weighted by molar-refractivity contribution is -0.144. The van der Waals surface area contributed by atoms with E-state index in [4.69, 9.17) is 43.9 Å². The number of methoxy groups -OCH3 is 3. The molecular weight excluding hydrogens is 739 g/mol. The highest BCUT2D eigenvalue weighted by Crippen LogP contribution is 2.40. The van der Waals surface area contributed by atoms with Crippen LogP contribution in [0.2, 0.25) is 0 Å². The minimum atomic E-state index is -0.246. The standard InChI is InChI=1S/C45H55N5O8/c1-7-56-45(51)29-49(3)27-35-10-8-9-34(21-35)22-36-23-44(48-31-47-36)50(37-15-16-40(52-4)43(24-37)58-18-17-46)28-39-41(53-5)25-38(26-42(39)54-6)57-20-19-55-30-33-13-11-32(2)12-14-33/h8-16,21,23-26,31H,7,17-20,22,27-30,46H2,1-6H3. The molecule has 13 heteroatoms. The molecule has 58 heavy (non-hydrogen) atoms. The number of aryl methyl sites for hydroxylation is 1. The van der Waals surface area contributed by atoms with Crippen molar-refractivity contribution in [3.8, 4) is 28.7 Å². The van der Waals surface area contributed by atoms with Gasteiger partial charge in [0.15, 0.2) is 11.5 Å². The zero-order valence-corrected chi connectivity index (χ0v) is 34.4. The largest absolute Gasteiger partial charge is 0.496 e. The first-order valence-corrected chi connectivity index (χ1v) is 19.3. The summed E-state index contributed by atoms with van der Waals surface area (Å²) in [7, 11) is 6.74. The molecule has 0 saturated heterocycles. The fourth-order valence-electron chi connectivity index (χ4n) is 6.34. The molecule has 4 aromatic carbocycles. The van der Waals surface area contributed by atoms with Gasteiger partial charge in [0.05, 0.1) is 65.5 Å². The molecule has 0 radical (unpaired) electrons. The lowest BCUT2D eigenvalue weighted by Crippen LogP contribution is -2.27. The van der Waals surface area contributed by atoms with Gasteiger partial charge in [-0.15, -0.1) is 0 Å². The summed E-state index contributed by atoms with van der Waals surface area (Å²) in [5.41, 5.74) is 12.6. The van der Waals surface area contributed by atoms with E-state index in [1.165, 1.54) is 5.56 Å². The minimum absolute atomic E-state index is 0.211. The third-order valence-electron chi connectivity index (χ3n) is 9.14. The normalized spacial score (nSPS) is 11.0. The van der Waals surface area contributed by atoms with Crippen LogP contribution in [0.25, 0.3) is 0 Å². The predicted molar refractivity (Wildman–Crippen MR) is 224 cm³/mol. The SMILES string of the molecule is CCOC(=O)CN(C)Cc1cccc(Cc2cc(N(Cc3c(OC)cc(OCCOCc4ccc(C)cc4)cc3OC)c3ccc(OC)c(OCCN)c3)ncn2)c1. The Balaban J connectivity index is 1.40. The van der Waals surface area contributed by atoms with E-state index in [1.54, 1.807) is 34.6 Å². The summed E-state index contributed by atoms with van der Waals surface area (Å²) in [6.07, 6.45) is 2.12. The van der Waals surface area contributed by atoms with E-state index >= 15 is 0 Å². The Morgan fingerprint density at radius 1 is 0.741 bits per heavy atom. The molecule has 0 fully saturated rings. The summed E-state index contributed by atoms with van der Waals surface area (Å²) in [5, 5.41) is 0. The highest BCUT2D eigenvalue weighted by Gasteiger charge is 2.22. The number of nitrogens with zero attached hydrogens (tertiary/aromatic N) is 4. The van der Waals surface area contributed by atoms with E-state index in [1.807, 2.05) is 65.4 Å². The Morgan fingerprint density at radius 3 is 2.19 bits per heavy atom. The van der Waals surface area contributed by atoms with Gasteiger partial charge in [-0.3, -0.25) is 9.69 Å². The number of ether oxygens (including phenoxy) is 7. The number of rotatable bonds is 23. The zero-order chi connectivity index (χ0) is 41.3. The van der Waals surface area contributed by atoms with Gasteiger partial charge in [0, 0.05) is 49.5 Å². The van der Waals surface area contributed by atoms with Crippen molar-refractivity contribution in [1.82, 2.24) is 14.9 Å². The first-order chi connectivity index (χ1) is 28.2. The number of benzene rings is 4. The second kappa shape index (κ2) is 22.2. The van der Waals surface area contributed by atoms with Gasteiger partial charge < -0.3 is 43.8 Å². The number of nitrogens with two attached hydrogens (primary N) is 1. The van der Waals surface area contributed by atoms with Crippen molar-refractivity contribution in [2.45, 2.75) is 40.0 Å². The van der Waals surface area contributed by atoms with Gasteiger partial charge in [-0.25, -0.2) is 9.97 Å². The van der Waals surface area contributed by atoms with E-state index in [0.717, 1.165) is 33.6 Å². The van der Waals surface area contributed by atoms with Crippen LogP contribution < -0.4 is 34.3 Å². The van der Waals surface area contributed by atoms with Gasteiger partial charge in [0.1, 0.15) is 42.6 Å². The molecule has 0 aliphatic heterocycles. The molecule has 0 aliphatic carbocycles. The molecule has 1 aromatic heterocycles. The van der Waals surface area contributed by atoms with Crippen LogP contribution in [0.15, 0.2) is 91.3 Å². The molecule has 5 rings (SSSR count). The van der Waals surface area contributed by atoms with Crippen LogP contribution in [0.1, 0.15) is 40.4 Å². The maximum absolute atomic E-state index is 12.0. The second-order valence-electron chi connectivity index (χ2n) is 13.6. The molecule has 0 aliphatic rings. The van der Waals surface area contributed by atoms with Crippen molar-refractivity contribution in [2.75, 3.05) is 72.8 Å². The highest BCUT2D eigenvalue weighted by atomic mass is 16.5. The van der Waals surface area contributed by atoms with Crippen molar-refractivity contribution in [3.05, 3.63) is 125 Å². The number of hydrogen-bond acceptors (Lipinski definition) is 13. The Bertz CT molecular complexity index is 2040. The van der Waals surface area contributed by atoms with Crippen molar-refractivity contribution in [1.29, 1.82) is 0 Å². The van der Waals surface area contributed by atoms with Crippen LogP contribution in [0.3, 0.4) is 0 Å². The molecule has 0 unspecified atom stereocenters. The van der Waals surface area contributed by atoms with Crippen molar-refractivity contribution in [3.63, 3.8) is 0 Å². The first-order valence-electron chi connectivity index (χ1n) is 19.3. The predicted octanol–water partition coefficient (Wildman–Crippen LogP) is 6.67. The van der Waals surface area contributed by atoms with Crippen LogP contribution in [0.5, 0.6) is 28.7 Å². The van der Waals surface area contributed by atoms with Crippen LogP contribution in [-0.4, -0.2) is 88.7 Å². The summed E-state index contributed by atoms with van der Waals surface area (Å²) >= 11 is 0. The van der Waals surface area contributed by atoms with Crippen LogP contribution in [0, 0.1) is 6.92 Å². The summed E-state index contributed by atoms with van der Waals surface area (Å²) < 4.78 is 40.6. The summed E-state index contributed by atoms with van der Waals surface area (Å²) in [6, 6.07) is 27.9. The topological polar surface area (TPSA) is 140 Å². The Kier molecular flexibility index (Phi) is 16.5. The Hall–Kier alpha value is -5.89. The summed E-state index contributed by atoms with van der Waals surface area (Å²) in [6.45, 7) is 7.25. The molecule has 2 N–H and O–H groups in total. The molecule has 0 atom stereocenters. The fraction of sp³-hybridized carbons (Fsp3) is 0.356. The maximum Gasteiger partial charge on any atom is 0.320 e. The minimum Gasteiger partial charge on any atom is -0.496 e. The van der Waals surface area contributed by atoms with E-state index in [2.05, 4.69) is 48.3 Å². The third-order valence-corrected chi connectivity index (χ3v) is 9.14. The Morgan fingerprint density at radius 2 is 1.48 bits per heavy atom. The number of aromatic nitrogens is 2. The maximum atomic E-state index is 12.0. The van der Waals surface area contributed by atoms with Gasteiger partial charge in [-0.2, -0.15) is 0 Å². The monoisotopic (exact) mass is 793 g/mol. The van der Waals surface area contributed by atoms with E-state index in [0.29, 0.717) is 93.7 Å². The number of carbonyl (C=O) groups excluding carboxylic acids is 1. The lowest BCUT2D eigenvalue weighted by Gasteiger charge is -2.27. The highest BCUT2D eigenvalue weighted by molar-refractivity contribution is 5.71.